The fourth-order valence-electron chi connectivity index (χ4n) is 2.05. The Balaban J connectivity index is 1.92. The predicted molar refractivity (Wildman–Crippen MR) is 93.0 cm³/mol. The predicted octanol–water partition coefficient (Wildman–Crippen LogP) is 2.74. The molecule has 2 aromatic carbocycles. The molecule has 1 unspecified atom stereocenters. The molecule has 0 heterocycles. The van der Waals surface area contributed by atoms with Gasteiger partial charge in [-0.25, -0.2) is 4.39 Å². The highest BCUT2D eigenvalue weighted by atomic mass is 32.2. The second-order valence-corrected chi connectivity index (χ2v) is 6.31. The minimum atomic E-state index is -0.652. The van der Waals surface area contributed by atoms with Crippen LogP contribution in [0.5, 0.6) is 0 Å². The minimum absolute atomic E-state index is 0.247. The number of nitrogens with one attached hydrogen (secondary N) is 2. The summed E-state index contributed by atoms with van der Waals surface area (Å²) in [5.41, 5.74) is 0.985. The van der Waals surface area contributed by atoms with Gasteiger partial charge in [0.05, 0.1) is 0 Å². The van der Waals surface area contributed by atoms with E-state index in [1.165, 1.54) is 30.8 Å². The Bertz CT molecular complexity index is 677. The lowest BCUT2D eigenvalue weighted by atomic mass is 10.2. The maximum atomic E-state index is 12.9. The van der Waals surface area contributed by atoms with Crippen molar-refractivity contribution in [3.8, 4) is 0 Å². The maximum absolute atomic E-state index is 12.9. The zero-order valence-electron chi connectivity index (χ0n) is 13.3. The van der Waals surface area contributed by atoms with Crippen molar-refractivity contribution in [3.63, 3.8) is 0 Å². The van der Waals surface area contributed by atoms with E-state index >= 15 is 0 Å². The van der Waals surface area contributed by atoms with Crippen molar-refractivity contribution in [2.24, 2.45) is 0 Å². The number of benzene rings is 2. The van der Waals surface area contributed by atoms with Crippen LogP contribution in [0.15, 0.2) is 59.5 Å². The van der Waals surface area contributed by atoms with E-state index < -0.39 is 6.04 Å². The summed E-state index contributed by atoms with van der Waals surface area (Å²) < 4.78 is 12.9. The zero-order chi connectivity index (χ0) is 17.4. The van der Waals surface area contributed by atoms with Crippen molar-refractivity contribution in [2.75, 3.05) is 5.75 Å². The second-order valence-electron chi connectivity index (χ2n) is 5.22. The Labute approximate surface area is 144 Å². The summed E-state index contributed by atoms with van der Waals surface area (Å²) in [6.07, 6.45) is 0. The highest BCUT2D eigenvalue weighted by Crippen LogP contribution is 2.19. The Morgan fingerprint density at radius 3 is 2.38 bits per heavy atom. The van der Waals surface area contributed by atoms with E-state index in [-0.39, 0.29) is 17.6 Å². The van der Waals surface area contributed by atoms with Gasteiger partial charge in [0.25, 0.3) is 0 Å². The number of carbonyl (C=O) groups is 2. The third kappa shape index (κ3) is 6.04. The van der Waals surface area contributed by atoms with Gasteiger partial charge in [0.15, 0.2) is 0 Å². The fourth-order valence-corrected chi connectivity index (χ4v) is 2.97. The van der Waals surface area contributed by atoms with Gasteiger partial charge in [-0.1, -0.05) is 30.3 Å². The van der Waals surface area contributed by atoms with Crippen LogP contribution in [0.2, 0.25) is 0 Å². The highest BCUT2D eigenvalue weighted by Gasteiger charge is 2.19. The molecular weight excluding hydrogens is 327 g/mol. The van der Waals surface area contributed by atoms with Crippen LogP contribution >= 0.6 is 11.8 Å². The Morgan fingerprint density at radius 1 is 1.08 bits per heavy atom. The molecule has 0 aliphatic rings. The van der Waals surface area contributed by atoms with Crippen LogP contribution in [0.1, 0.15) is 12.5 Å². The van der Waals surface area contributed by atoms with Crippen molar-refractivity contribution in [3.05, 3.63) is 66.0 Å². The van der Waals surface area contributed by atoms with Crippen molar-refractivity contribution < 1.29 is 14.0 Å². The van der Waals surface area contributed by atoms with E-state index in [9.17, 15) is 14.0 Å². The molecule has 0 aromatic heterocycles. The van der Waals surface area contributed by atoms with Gasteiger partial charge in [0, 0.05) is 24.1 Å². The van der Waals surface area contributed by atoms with E-state index in [4.69, 9.17) is 0 Å². The van der Waals surface area contributed by atoms with Gasteiger partial charge in [-0.3, -0.25) is 9.59 Å². The summed E-state index contributed by atoms with van der Waals surface area (Å²) in [5.74, 6) is -0.456. The van der Waals surface area contributed by atoms with Gasteiger partial charge in [0.2, 0.25) is 11.8 Å². The van der Waals surface area contributed by atoms with Gasteiger partial charge in [-0.05, 0) is 29.8 Å². The smallest absolute Gasteiger partial charge is 0.243 e. The fraction of sp³-hybridized carbons (Fsp3) is 0.222. The average Bonchev–Trinajstić information content (AvgIpc) is 2.58. The molecule has 0 spiro atoms. The second kappa shape index (κ2) is 9.08. The zero-order valence-corrected chi connectivity index (χ0v) is 14.1. The van der Waals surface area contributed by atoms with Crippen LogP contribution in [-0.2, 0) is 16.1 Å². The molecule has 4 nitrogen and oxygen atoms in total. The Kier molecular flexibility index (Phi) is 6.81. The van der Waals surface area contributed by atoms with E-state index in [0.29, 0.717) is 12.3 Å². The number of amides is 2. The lowest BCUT2D eigenvalue weighted by Crippen LogP contribution is -2.47. The molecule has 0 bridgehead atoms. The van der Waals surface area contributed by atoms with Crippen LogP contribution in [0.3, 0.4) is 0 Å². The van der Waals surface area contributed by atoms with Crippen LogP contribution in [0, 0.1) is 5.82 Å². The van der Waals surface area contributed by atoms with Crippen molar-refractivity contribution >= 4 is 23.6 Å². The molecule has 0 saturated heterocycles. The monoisotopic (exact) mass is 346 g/mol. The molecule has 126 valence electrons. The quantitative estimate of drug-likeness (QED) is 0.758. The Hall–Kier alpha value is -2.34. The average molecular weight is 346 g/mol. The molecule has 6 heteroatoms. The molecule has 0 aliphatic carbocycles. The normalized spacial score (nSPS) is 11.6. The molecule has 0 saturated carbocycles. The van der Waals surface area contributed by atoms with E-state index in [0.717, 1.165) is 10.5 Å². The molecule has 24 heavy (non-hydrogen) atoms. The molecule has 2 rings (SSSR count). The molecule has 2 N–H and O–H groups in total. The molecular formula is C18H19FN2O2S. The number of hydrogen-bond acceptors (Lipinski definition) is 3. The summed E-state index contributed by atoms with van der Waals surface area (Å²) in [6.45, 7) is 1.77. The topological polar surface area (TPSA) is 58.2 Å². The summed E-state index contributed by atoms with van der Waals surface area (Å²) in [4.78, 5) is 24.5. The first-order valence-corrected chi connectivity index (χ1v) is 8.50. The first-order chi connectivity index (χ1) is 11.5. The first-order valence-electron chi connectivity index (χ1n) is 7.51. The largest absolute Gasteiger partial charge is 0.350 e. The molecule has 2 amide bonds. The van der Waals surface area contributed by atoms with Crippen LogP contribution in [0.25, 0.3) is 0 Å². The molecule has 2 aromatic rings. The summed E-state index contributed by atoms with van der Waals surface area (Å²) in [7, 11) is 0. The lowest BCUT2D eigenvalue weighted by molar-refractivity contribution is -0.127. The van der Waals surface area contributed by atoms with E-state index in [1.807, 2.05) is 30.3 Å². The van der Waals surface area contributed by atoms with Gasteiger partial charge in [-0.2, -0.15) is 0 Å². The first kappa shape index (κ1) is 18.0. The minimum Gasteiger partial charge on any atom is -0.350 e. The number of rotatable bonds is 7. The van der Waals surface area contributed by atoms with Crippen LogP contribution < -0.4 is 10.6 Å². The van der Waals surface area contributed by atoms with Crippen molar-refractivity contribution in [2.45, 2.75) is 24.4 Å². The summed E-state index contributed by atoms with van der Waals surface area (Å²) >= 11 is 1.39. The summed E-state index contributed by atoms with van der Waals surface area (Å²) in [6, 6.07) is 14.9. The molecule has 0 fully saturated rings. The lowest BCUT2D eigenvalue weighted by Gasteiger charge is -2.17. The van der Waals surface area contributed by atoms with Gasteiger partial charge in [0.1, 0.15) is 11.9 Å². The highest BCUT2D eigenvalue weighted by molar-refractivity contribution is 7.99. The van der Waals surface area contributed by atoms with Gasteiger partial charge >= 0.3 is 0 Å². The number of halogens is 1. The molecule has 0 aliphatic heterocycles. The van der Waals surface area contributed by atoms with Crippen LogP contribution in [0.4, 0.5) is 4.39 Å². The van der Waals surface area contributed by atoms with Crippen LogP contribution in [-0.4, -0.2) is 23.6 Å². The van der Waals surface area contributed by atoms with Crippen molar-refractivity contribution in [1.82, 2.24) is 10.6 Å². The third-order valence-electron chi connectivity index (χ3n) is 3.23. The Morgan fingerprint density at radius 2 is 1.75 bits per heavy atom. The molecule has 1 atom stereocenters. The standard InChI is InChI=1S/C18H19FN2O2S/c1-13(22)21-17(12-24-16-9-7-15(19)8-10-16)18(23)20-11-14-5-3-2-4-6-14/h2-10,17H,11-12H2,1H3,(H,20,23)(H,21,22). The maximum Gasteiger partial charge on any atom is 0.243 e. The van der Waals surface area contributed by atoms with E-state index in [2.05, 4.69) is 10.6 Å². The van der Waals surface area contributed by atoms with Gasteiger partial charge in [-0.15, -0.1) is 11.8 Å². The number of carbonyl (C=O) groups excluding carboxylic acids is 2. The molecule has 0 radical (unpaired) electrons. The van der Waals surface area contributed by atoms with E-state index in [1.54, 1.807) is 12.1 Å². The SMILES string of the molecule is CC(=O)NC(CSc1ccc(F)cc1)C(=O)NCc1ccccc1. The summed E-state index contributed by atoms with van der Waals surface area (Å²) in [5, 5.41) is 5.47. The third-order valence-corrected chi connectivity index (χ3v) is 4.34. The van der Waals surface area contributed by atoms with Crippen molar-refractivity contribution in [1.29, 1.82) is 0 Å². The number of hydrogen-bond donors (Lipinski definition) is 2. The van der Waals surface area contributed by atoms with Gasteiger partial charge < -0.3 is 10.6 Å². The number of thioether (sulfide) groups is 1.